The van der Waals surface area contributed by atoms with Crippen LogP contribution in [0.2, 0.25) is 0 Å². The second kappa shape index (κ2) is 8.92. The second-order valence-corrected chi connectivity index (χ2v) is 10.6. The standard InChI is InChI=1S/C21H23N5OS3/c1-4-13-5-6-15-16(9-22)20(30-17(15)8-13)23-18(27)11-29-21-25-24-19(26(21)3)14-7-12(2)28-10-14/h7,10,13H,4-6,8,11H2,1-3H3,(H,23,27). The molecule has 1 unspecified atom stereocenters. The summed E-state index contributed by atoms with van der Waals surface area (Å²) in [5.74, 6) is 1.57. The molecule has 0 radical (unpaired) electrons. The summed E-state index contributed by atoms with van der Waals surface area (Å²) in [5.41, 5.74) is 2.83. The highest BCUT2D eigenvalue weighted by Gasteiger charge is 2.26. The maximum atomic E-state index is 12.6. The van der Waals surface area contributed by atoms with Gasteiger partial charge in [-0.25, -0.2) is 0 Å². The van der Waals surface area contributed by atoms with E-state index in [0.717, 1.165) is 42.6 Å². The van der Waals surface area contributed by atoms with Gasteiger partial charge in [0.1, 0.15) is 11.1 Å². The number of thiophene rings is 2. The number of hydrogen-bond acceptors (Lipinski definition) is 7. The van der Waals surface area contributed by atoms with Gasteiger partial charge in [-0.15, -0.1) is 32.9 Å². The first-order chi connectivity index (χ1) is 14.5. The van der Waals surface area contributed by atoms with E-state index >= 15 is 0 Å². The topological polar surface area (TPSA) is 83.6 Å². The Kier molecular flexibility index (Phi) is 6.27. The van der Waals surface area contributed by atoms with Crippen LogP contribution in [0.25, 0.3) is 11.4 Å². The minimum Gasteiger partial charge on any atom is -0.316 e. The smallest absolute Gasteiger partial charge is 0.235 e. The van der Waals surface area contributed by atoms with Crippen molar-refractivity contribution in [3.8, 4) is 17.5 Å². The van der Waals surface area contributed by atoms with Gasteiger partial charge in [0.2, 0.25) is 5.91 Å². The second-order valence-electron chi connectivity index (χ2n) is 7.48. The van der Waals surface area contributed by atoms with Gasteiger partial charge in [-0.1, -0.05) is 25.1 Å². The average molecular weight is 458 g/mol. The van der Waals surface area contributed by atoms with Crippen molar-refractivity contribution >= 4 is 45.3 Å². The third-order valence-corrected chi connectivity index (χ3v) is 8.52. The monoisotopic (exact) mass is 457 g/mol. The van der Waals surface area contributed by atoms with Crippen LogP contribution in [0.1, 0.15) is 40.6 Å². The Morgan fingerprint density at radius 3 is 3.00 bits per heavy atom. The van der Waals surface area contributed by atoms with Crippen molar-refractivity contribution in [1.82, 2.24) is 14.8 Å². The number of rotatable bonds is 6. The minimum absolute atomic E-state index is 0.127. The van der Waals surface area contributed by atoms with Gasteiger partial charge in [0.05, 0.1) is 11.3 Å². The Morgan fingerprint density at radius 2 is 2.30 bits per heavy atom. The van der Waals surface area contributed by atoms with Crippen molar-refractivity contribution in [3.63, 3.8) is 0 Å². The largest absolute Gasteiger partial charge is 0.316 e. The van der Waals surface area contributed by atoms with E-state index in [1.807, 2.05) is 11.6 Å². The van der Waals surface area contributed by atoms with Crippen LogP contribution < -0.4 is 5.32 Å². The van der Waals surface area contributed by atoms with E-state index in [9.17, 15) is 10.1 Å². The van der Waals surface area contributed by atoms with Crippen LogP contribution in [0.5, 0.6) is 0 Å². The number of aryl methyl sites for hydroxylation is 1. The Hall–Kier alpha value is -2.15. The Labute approximate surface area is 188 Å². The minimum atomic E-state index is -0.127. The van der Waals surface area contributed by atoms with Gasteiger partial charge in [0.15, 0.2) is 11.0 Å². The number of nitriles is 1. The SMILES string of the molecule is CCC1CCc2c(sc(NC(=O)CSc3nnc(-c4csc(C)c4)n3C)c2C#N)C1. The van der Waals surface area contributed by atoms with Crippen molar-refractivity contribution in [3.05, 3.63) is 32.3 Å². The number of anilines is 1. The van der Waals surface area contributed by atoms with Crippen molar-refractivity contribution in [2.75, 3.05) is 11.1 Å². The number of thioether (sulfide) groups is 1. The summed E-state index contributed by atoms with van der Waals surface area (Å²) >= 11 is 4.59. The highest BCUT2D eigenvalue weighted by Crippen LogP contribution is 2.40. The summed E-state index contributed by atoms with van der Waals surface area (Å²) in [5, 5.41) is 24.6. The molecule has 1 atom stereocenters. The van der Waals surface area contributed by atoms with Crippen molar-refractivity contribution in [1.29, 1.82) is 5.26 Å². The van der Waals surface area contributed by atoms with Gasteiger partial charge in [0, 0.05) is 27.7 Å². The molecule has 30 heavy (non-hydrogen) atoms. The van der Waals surface area contributed by atoms with Crippen LogP contribution >= 0.6 is 34.4 Å². The first-order valence-electron chi connectivity index (χ1n) is 9.92. The Morgan fingerprint density at radius 1 is 1.47 bits per heavy atom. The Balaban J connectivity index is 1.42. The first-order valence-corrected chi connectivity index (χ1v) is 12.6. The lowest BCUT2D eigenvalue weighted by Gasteiger charge is -2.20. The number of carbonyl (C=O) groups excluding carboxylic acids is 1. The lowest BCUT2D eigenvalue weighted by atomic mass is 9.86. The number of amides is 1. The fourth-order valence-corrected chi connectivity index (χ4v) is 6.48. The highest BCUT2D eigenvalue weighted by atomic mass is 32.2. The van der Waals surface area contributed by atoms with Gasteiger partial charge in [-0.2, -0.15) is 5.26 Å². The van der Waals surface area contributed by atoms with Crippen LogP contribution in [0.4, 0.5) is 5.00 Å². The number of aromatic nitrogens is 3. The number of nitrogens with one attached hydrogen (secondary N) is 1. The molecule has 9 heteroatoms. The van der Waals surface area contributed by atoms with Crippen molar-refractivity contribution < 1.29 is 4.79 Å². The molecule has 1 N–H and O–H groups in total. The fourth-order valence-electron chi connectivity index (χ4n) is 3.75. The number of carbonyl (C=O) groups is 1. The van der Waals surface area contributed by atoms with E-state index in [4.69, 9.17) is 0 Å². The molecule has 156 valence electrons. The van der Waals surface area contributed by atoms with Gasteiger partial charge in [-0.05, 0) is 43.7 Å². The number of fused-ring (bicyclic) bond motifs is 1. The van der Waals surface area contributed by atoms with Gasteiger partial charge in [0.25, 0.3) is 0 Å². The summed E-state index contributed by atoms with van der Waals surface area (Å²) < 4.78 is 1.91. The molecule has 0 aromatic carbocycles. The van der Waals surface area contributed by atoms with Crippen LogP contribution in [-0.2, 0) is 24.7 Å². The summed E-state index contributed by atoms with van der Waals surface area (Å²) in [6.45, 7) is 4.27. The molecule has 6 nitrogen and oxygen atoms in total. The fraction of sp³-hybridized carbons (Fsp3) is 0.429. The predicted octanol–water partition coefficient (Wildman–Crippen LogP) is 5.03. The van der Waals surface area contributed by atoms with E-state index < -0.39 is 0 Å². The highest BCUT2D eigenvalue weighted by molar-refractivity contribution is 7.99. The summed E-state index contributed by atoms with van der Waals surface area (Å²) in [6, 6.07) is 4.40. The lowest BCUT2D eigenvalue weighted by Crippen LogP contribution is -2.14. The molecule has 0 bridgehead atoms. The van der Waals surface area contributed by atoms with Crippen molar-refractivity contribution in [2.45, 2.75) is 44.7 Å². The van der Waals surface area contributed by atoms with Gasteiger partial charge >= 0.3 is 0 Å². The third-order valence-electron chi connectivity index (χ3n) is 5.47. The number of hydrogen-bond donors (Lipinski definition) is 1. The zero-order valence-corrected chi connectivity index (χ0v) is 19.6. The van der Waals surface area contributed by atoms with E-state index in [-0.39, 0.29) is 11.7 Å². The van der Waals surface area contributed by atoms with Crippen molar-refractivity contribution in [2.24, 2.45) is 13.0 Å². The molecule has 0 spiro atoms. The van der Waals surface area contributed by atoms with E-state index in [1.54, 1.807) is 22.7 Å². The van der Waals surface area contributed by atoms with E-state index in [1.165, 1.54) is 21.5 Å². The van der Waals surface area contributed by atoms with Crippen LogP contribution in [0.3, 0.4) is 0 Å². The summed E-state index contributed by atoms with van der Waals surface area (Å²) in [6.07, 6.45) is 4.22. The maximum Gasteiger partial charge on any atom is 0.235 e. The Bertz CT molecular complexity index is 1120. The molecule has 3 aromatic rings. The molecule has 3 heterocycles. The molecule has 0 fully saturated rings. The maximum absolute atomic E-state index is 12.6. The van der Waals surface area contributed by atoms with Gasteiger partial charge in [-0.3, -0.25) is 4.79 Å². The molecule has 1 amide bonds. The molecule has 1 aliphatic rings. The quantitative estimate of drug-likeness (QED) is 0.525. The predicted molar refractivity (Wildman–Crippen MR) is 123 cm³/mol. The zero-order chi connectivity index (χ0) is 21.3. The van der Waals surface area contributed by atoms with E-state index in [0.29, 0.717) is 21.6 Å². The molecule has 3 aromatic heterocycles. The van der Waals surface area contributed by atoms with Gasteiger partial charge < -0.3 is 9.88 Å². The normalized spacial score (nSPS) is 15.6. The third kappa shape index (κ3) is 4.17. The number of nitrogens with zero attached hydrogens (tertiary/aromatic N) is 4. The van der Waals surface area contributed by atoms with Crippen LogP contribution in [0.15, 0.2) is 16.6 Å². The van der Waals surface area contributed by atoms with Crippen LogP contribution in [-0.4, -0.2) is 26.4 Å². The molecular formula is C21H23N5OS3. The first kappa shape index (κ1) is 21.1. The molecule has 0 aliphatic heterocycles. The summed E-state index contributed by atoms with van der Waals surface area (Å²) in [7, 11) is 1.91. The molecule has 1 aliphatic carbocycles. The van der Waals surface area contributed by atoms with Crippen LogP contribution in [0, 0.1) is 24.2 Å². The average Bonchev–Trinajstić information content (AvgIpc) is 3.42. The molecule has 0 saturated carbocycles. The van der Waals surface area contributed by atoms with E-state index in [2.05, 4.69) is 46.9 Å². The molecule has 4 rings (SSSR count). The molecular weight excluding hydrogens is 434 g/mol. The molecule has 0 saturated heterocycles. The summed E-state index contributed by atoms with van der Waals surface area (Å²) in [4.78, 5) is 15.1. The lowest BCUT2D eigenvalue weighted by molar-refractivity contribution is -0.113. The zero-order valence-electron chi connectivity index (χ0n) is 17.2.